The van der Waals surface area contributed by atoms with Crippen molar-refractivity contribution in [1.82, 2.24) is 14.8 Å². The number of nitrogens with zero attached hydrogens (tertiary/aromatic N) is 3. The normalized spacial score (nSPS) is 11.1. The van der Waals surface area contributed by atoms with E-state index < -0.39 is 5.82 Å². The van der Waals surface area contributed by atoms with E-state index in [1.807, 2.05) is 0 Å². The van der Waals surface area contributed by atoms with Crippen molar-refractivity contribution in [1.29, 1.82) is 0 Å². The molecule has 0 N–H and O–H groups in total. The van der Waals surface area contributed by atoms with Crippen molar-refractivity contribution in [3.05, 3.63) is 46.2 Å². The first-order valence-corrected chi connectivity index (χ1v) is 7.11. The number of aromatic nitrogens is 3. The van der Waals surface area contributed by atoms with Crippen LogP contribution in [0, 0.1) is 11.7 Å². The molecule has 0 fully saturated rings. The first-order valence-electron chi connectivity index (χ1n) is 6.32. The summed E-state index contributed by atoms with van der Waals surface area (Å²) in [4.78, 5) is 16.2. The highest BCUT2D eigenvalue weighted by Gasteiger charge is 2.16. The molecule has 0 atom stereocenters. The van der Waals surface area contributed by atoms with Gasteiger partial charge in [-0.3, -0.25) is 4.79 Å². The smallest absolute Gasteiger partial charge is 0.173 e. The topological polar surface area (TPSA) is 47.8 Å². The molecular weight excluding hydrogens is 325 g/mol. The number of rotatable bonds is 5. The molecule has 0 aliphatic rings. The average Bonchev–Trinajstić information content (AvgIpc) is 2.75. The number of carbonyl (C=O) groups excluding carboxylic acids is 1. The van der Waals surface area contributed by atoms with E-state index >= 15 is 0 Å². The minimum absolute atomic E-state index is 0.0469. The standard InChI is InChI=1S/C14H15BrFN3O/c1-9(2)7-19-14(17-8-18-19)6-13(20)11-4-3-10(15)5-12(11)16/h3-5,8-9H,6-7H2,1-2H3. The zero-order chi connectivity index (χ0) is 14.7. The predicted octanol–water partition coefficient (Wildman–Crippen LogP) is 3.26. The number of halogens is 2. The SMILES string of the molecule is CC(C)Cn1ncnc1CC(=O)c1ccc(Br)cc1F. The van der Waals surface area contributed by atoms with Gasteiger partial charge in [0.1, 0.15) is 18.0 Å². The Hall–Kier alpha value is -1.56. The Morgan fingerprint density at radius 1 is 1.45 bits per heavy atom. The quantitative estimate of drug-likeness (QED) is 0.785. The minimum atomic E-state index is -0.528. The second-order valence-corrected chi connectivity index (χ2v) is 5.89. The Labute approximate surface area is 125 Å². The predicted molar refractivity (Wildman–Crippen MR) is 77.0 cm³/mol. The summed E-state index contributed by atoms with van der Waals surface area (Å²) in [7, 11) is 0. The van der Waals surface area contributed by atoms with Crippen molar-refractivity contribution in [2.24, 2.45) is 5.92 Å². The summed E-state index contributed by atoms with van der Waals surface area (Å²) < 4.78 is 16.0. The molecule has 0 amide bonds. The van der Waals surface area contributed by atoms with Gasteiger partial charge in [-0.25, -0.2) is 14.1 Å². The van der Waals surface area contributed by atoms with Crippen LogP contribution < -0.4 is 0 Å². The highest BCUT2D eigenvalue weighted by molar-refractivity contribution is 9.10. The number of Topliss-reactive ketones (excluding diaryl/α,β-unsaturated/α-hetero) is 1. The third-order valence-corrected chi connectivity index (χ3v) is 3.28. The van der Waals surface area contributed by atoms with Crippen LogP contribution in [0.1, 0.15) is 30.0 Å². The Bertz CT molecular complexity index is 625. The number of hydrogen-bond acceptors (Lipinski definition) is 3. The van der Waals surface area contributed by atoms with Crippen LogP contribution in [0.15, 0.2) is 29.0 Å². The molecule has 4 nitrogen and oxygen atoms in total. The molecule has 1 heterocycles. The van der Waals surface area contributed by atoms with Gasteiger partial charge in [0.2, 0.25) is 0 Å². The lowest BCUT2D eigenvalue weighted by Gasteiger charge is -2.08. The van der Waals surface area contributed by atoms with Crippen LogP contribution in [-0.4, -0.2) is 20.5 Å². The van der Waals surface area contributed by atoms with Gasteiger partial charge in [-0.05, 0) is 24.1 Å². The van der Waals surface area contributed by atoms with Crippen molar-refractivity contribution in [3.8, 4) is 0 Å². The minimum Gasteiger partial charge on any atom is -0.294 e. The van der Waals surface area contributed by atoms with E-state index in [1.165, 1.54) is 18.5 Å². The molecule has 6 heteroatoms. The molecule has 2 aromatic rings. The van der Waals surface area contributed by atoms with Gasteiger partial charge < -0.3 is 0 Å². The molecule has 0 radical (unpaired) electrons. The molecule has 20 heavy (non-hydrogen) atoms. The summed E-state index contributed by atoms with van der Waals surface area (Å²) in [5.74, 6) is 0.133. The fourth-order valence-corrected chi connectivity index (χ4v) is 2.21. The van der Waals surface area contributed by atoms with Crippen molar-refractivity contribution in [2.45, 2.75) is 26.8 Å². The van der Waals surface area contributed by atoms with Crippen LogP contribution in [0.2, 0.25) is 0 Å². The monoisotopic (exact) mass is 339 g/mol. The Kier molecular flexibility index (Phi) is 4.65. The molecular formula is C14H15BrFN3O. The van der Waals surface area contributed by atoms with E-state index in [4.69, 9.17) is 0 Å². The molecule has 1 aromatic carbocycles. The number of hydrogen-bond donors (Lipinski definition) is 0. The van der Waals surface area contributed by atoms with Gasteiger partial charge in [0.05, 0.1) is 12.0 Å². The lowest BCUT2D eigenvalue weighted by Crippen LogP contribution is -2.15. The van der Waals surface area contributed by atoms with E-state index in [2.05, 4.69) is 39.9 Å². The summed E-state index contributed by atoms with van der Waals surface area (Å²) >= 11 is 3.17. The van der Waals surface area contributed by atoms with E-state index in [1.54, 1.807) is 10.7 Å². The van der Waals surface area contributed by atoms with E-state index in [-0.39, 0.29) is 17.8 Å². The first-order chi connectivity index (χ1) is 9.47. The fraction of sp³-hybridized carbons (Fsp3) is 0.357. The Balaban J connectivity index is 2.17. The van der Waals surface area contributed by atoms with Gasteiger partial charge in [-0.2, -0.15) is 5.10 Å². The Morgan fingerprint density at radius 3 is 2.85 bits per heavy atom. The summed E-state index contributed by atoms with van der Waals surface area (Å²) in [5.41, 5.74) is 0.0762. The highest BCUT2D eigenvalue weighted by atomic mass is 79.9. The second kappa shape index (κ2) is 6.26. The van der Waals surface area contributed by atoms with E-state index in [0.717, 1.165) is 0 Å². The van der Waals surface area contributed by atoms with Crippen LogP contribution >= 0.6 is 15.9 Å². The van der Waals surface area contributed by atoms with E-state index in [9.17, 15) is 9.18 Å². The van der Waals surface area contributed by atoms with Crippen LogP contribution in [0.4, 0.5) is 4.39 Å². The largest absolute Gasteiger partial charge is 0.294 e. The fourth-order valence-electron chi connectivity index (χ4n) is 1.88. The first kappa shape index (κ1) is 14.8. The summed E-state index contributed by atoms with van der Waals surface area (Å²) in [6.07, 6.45) is 1.47. The molecule has 0 aliphatic carbocycles. The third kappa shape index (κ3) is 3.50. The highest BCUT2D eigenvalue weighted by Crippen LogP contribution is 2.17. The summed E-state index contributed by atoms with van der Waals surface area (Å²) in [5, 5.41) is 4.09. The molecule has 0 aliphatic heterocycles. The maximum Gasteiger partial charge on any atom is 0.173 e. The van der Waals surface area contributed by atoms with Gasteiger partial charge >= 0.3 is 0 Å². The zero-order valence-corrected chi connectivity index (χ0v) is 12.9. The van der Waals surface area contributed by atoms with Crippen LogP contribution in [0.5, 0.6) is 0 Å². The van der Waals surface area contributed by atoms with Crippen LogP contribution in [0.3, 0.4) is 0 Å². The average molecular weight is 340 g/mol. The van der Waals surface area contributed by atoms with Gasteiger partial charge in [0, 0.05) is 11.0 Å². The molecule has 106 valence electrons. The van der Waals surface area contributed by atoms with Crippen LogP contribution in [0.25, 0.3) is 0 Å². The third-order valence-electron chi connectivity index (χ3n) is 2.78. The number of carbonyl (C=O) groups is 1. The zero-order valence-electron chi connectivity index (χ0n) is 11.3. The van der Waals surface area contributed by atoms with Gasteiger partial charge in [0.25, 0.3) is 0 Å². The Morgan fingerprint density at radius 2 is 2.20 bits per heavy atom. The molecule has 1 aromatic heterocycles. The second-order valence-electron chi connectivity index (χ2n) is 4.98. The van der Waals surface area contributed by atoms with Crippen molar-refractivity contribution in [2.75, 3.05) is 0 Å². The van der Waals surface area contributed by atoms with Gasteiger partial charge in [-0.15, -0.1) is 0 Å². The molecule has 0 spiro atoms. The molecule has 2 rings (SSSR count). The van der Waals surface area contributed by atoms with E-state index in [0.29, 0.717) is 22.8 Å². The van der Waals surface area contributed by atoms with Crippen molar-refractivity contribution in [3.63, 3.8) is 0 Å². The summed E-state index contributed by atoms with van der Waals surface area (Å²) in [6, 6.07) is 4.41. The maximum atomic E-state index is 13.7. The number of ketones is 1. The molecule has 0 bridgehead atoms. The van der Waals surface area contributed by atoms with Crippen molar-refractivity contribution < 1.29 is 9.18 Å². The summed E-state index contributed by atoms with van der Waals surface area (Å²) in [6.45, 7) is 4.80. The lowest BCUT2D eigenvalue weighted by atomic mass is 10.1. The maximum absolute atomic E-state index is 13.7. The lowest BCUT2D eigenvalue weighted by molar-refractivity contribution is 0.0985. The molecule has 0 saturated carbocycles. The molecule has 0 saturated heterocycles. The van der Waals surface area contributed by atoms with Gasteiger partial charge in [-0.1, -0.05) is 29.8 Å². The van der Waals surface area contributed by atoms with Crippen molar-refractivity contribution >= 4 is 21.7 Å². The molecule has 0 unspecified atom stereocenters. The van der Waals surface area contributed by atoms with Gasteiger partial charge in [0.15, 0.2) is 5.78 Å². The van der Waals surface area contributed by atoms with Crippen LogP contribution in [-0.2, 0) is 13.0 Å². The number of benzene rings is 1.